The van der Waals surface area contributed by atoms with Gasteiger partial charge in [-0.3, -0.25) is 4.79 Å². The Kier molecular flexibility index (Phi) is 2.68. The van der Waals surface area contributed by atoms with E-state index in [1.165, 1.54) is 10.9 Å². The summed E-state index contributed by atoms with van der Waals surface area (Å²) in [4.78, 5) is 18.0. The van der Waals surface area contributed by atoms with Crippen molar-refractivity contribution in [2.24, 2.45) is 0 Å². The van der Waals surface area contributed by atoms with Gasteiger partial charge in [-0.15, -0.1) is 0 Å². The molecule has 0 radical (unpaired) electrons. The number of aromatic nitrogens is 3. The Hall–Kier alpha value is -2.36. The van der Waals surface area contributed by atoms with Crippen LogP contribution < -0.4 is 0 Å². The summed E-state index contributed by atoms with van der Waals surface area (Å²) >= 11 is 0. The number of rotatable bonds is 4. The third-order valence-corrected chi connectivity index (χ3v) is 3.15. The van der Waals surface area contributed by atoms with Gasteiger partial charge < -0.3 is 9.55 Å². The number of para-hydroxylation sites is 1. The molecule has 0 bridgehead atoms. The SMILES string of the molecule is O=Cc1nccn1CCc1c[nH]c2ccccc12. The number of imidazole rings is 1. The number of H-pyrrole nitrogens is 1. The standard InChI is InChI=1S/C14H13N3O/c18-10-14-15-6-8-17(14)7-5-11-9-16-13-4-2-1-3-12(11)13/h1-4,6,8-10,16H,5,7H2. The summed E-state index contributed by atoms with van der Waals surface area (Å²) < 4.78 is 1.87. The van der Waals surface area contributed by atoms with E-state index in [1.807, 2.05) is 29.1 Å². The molecule has 0 atom stereocenters. The summed E-state index contributed by atoms with van der Waals surface area (Å²) in [5.74, 6) is 0.481. The third kappa shape index (κ3) is 1.82. The van der Waals surface area contributed by atoms with Gasteiger partial charge in [-0.1, -0.05) is 18.2 Å². The first-order chi connectivity index (χ1) is 8.88. The number of aldehydes is 1. The molecule has 18 heavy (non-hydrogen) atoms. The molecule has 0 amide bonds. The second-order valence-corrected chi connectivity index (χ2v) is 4.21. The van der Waals surface area contributed by atoms with Crippen molar-refractivity contribution in [1.82, 2.24) is 14.5 Å². The minimum atomic E-state index is 0.481. The van der Waals surface area contributed by atoms with Crippen molar-refractivity contribution in [1.29, 1.82) is 0 Å². The van der Waals surface area contributed by atoms with E-state index in [1.54, 1.807) is 6.20 Å². The van der Waals surface area contributed by atoms with Crippen LogP contribution in [0, 0.1) is 0 Å². The van der Waals surface area contributed by atoms with Gasteiger partial charge in [0.2, 0.25) is 0 Å². The molecule has 0 aliphatic rings. The number of nitrogens with one attached hydrogen (secondary N) is 1. The summed E-state index contributed by atoms with van der Waals surface area (Å²) in [7, 11) is 0. The molecule has 0 saturated heterocycles. The molecule has 3 aromatic rings. The van der Waals surface area contributed by atoms with Crippen molar-refractivity contribution < 1.29 is 4.79 Å². The van der Waals surface area contributed by atoms with Gasteiger partial charge in [0.15, 0.2) is 12.1 Å². The topological polar surface area (TPSA) is 50.7 Å². The summed E-state index contributed by atoms with van der Waals surface area (Å²) in [6, 6.07) is 8.22. The maximum absolute atomic E-state index is 10.8. The average molecular weight is 239 g/mol. The summed E-state index contributed by atoms with van der Waals surface area (Å²) in [6.07, 6.45) is 7.18. The summed E-state index contributed by atoms with van der Waals surface area (Å²) in [5, 5.41) is 1.24. The highest BCUT2D eigenvalue weighted by Crippen LogP contribution is 2.18. The number of carbonyl (C=O) groups excluding carboxylic acids is 1. The molecule has 0 unspecified atom stereocenters. The van der Waals surface area contributed by atoms with E-state index in [-0.39, 0.29) is 0 Å². The van der Waals surface area contributed by atoms with Crippen LogP contribution in [0.1, 0.15) is 16.2 Å². The van der Waals surface area contributed by atoms with E-state index in [2.05, 4.69) is 22.1 Å². The highest BCUT2D eigenvalue weighted by Gasteiger charge is 2.05. The molecule has 2 heterocycles. The van der Waals surface area contributed by atoms with E-state index < -0.39 is 0 Å². The maximum Gasteiger partial charge on any atom is 0.185 e. The molecule has 1 aromatic carbocycles. The minimum absolute atomic E-state index is 0.481. The lowest BCUT2D eigenvalue weighted by atomic mass is 10.1. The largest absolute Gasteiger partial charge is 0.361 e. The van der Waals surface area contributed by atoms with Crippen LogP contribution in [0.3, 0.4) is 0 Å². The first-order valence-corrected chi connectivity index (χ1v) is 5.90. The zero-order chi connectivity index (χ0) is 12.4. The number of hydrogen-bond acceptors (Lipinski definition) is 2. The van der Waals surface area contributed by atoms with E-state index in [0.717, 1.165) is 24.8 Å². The van der Waals surface area contributed by atoms with Gasteiger partial charge in [0.25, 0.3) is 0 Å². The van der Waals surface area contributed by atoms with Crippen LogP contribution in [0.15, 0.2) is 42.9 Å². The van der Waals surface area contributed by atoms with Gasteiger partial charge in [0.05, 0.1) is 0 Å². The van der Waals surface area contributed by atoms with Crippen molar-refractivity contribution in [3.8, 4) is 0 Å². The zero-order valence-electron chi connectivity index (χ0n) is 9.84. The fourth-order valence-electron chi connectivity index (χ4n) is 2.21. The molecule has 0 saturated carbocycles. The number of benzene rings is 1. The Balaban J connectivity index is 1.83. The number of carbonyl (C=O) groups is 1. The highest BCUT2D eigenvalue weighted by molar-refractivity contribution is 5.83. The predicted molar refractivity (Wildman–Crippen MR) is 69.6 cm³/mol. The number of aryl methyl sites for hydroxylation is 2. The molecule has 0 aliphatic carbocycles. The Labute approximate surface area is 104 Å². The van der Waals surface area contributed by atoms with E-state index in [4.69, 9.17) is 0 Å². The van der Waals surface area contributed by atoms with Crippen LogP contribution in [0.2, 0.25) is 0 Å². The average Bonchev–Trinajstić information content (AvgIpc) is 3.02. The second kappa shape index (κ2) is 4.49. The van der Waals surface area contributed by atoms with Crippen LogP contribution in [-0.2, 0) is 13.0 Å². The van der Waals surface area contributed by atoms with Gasteiger partial charge in [0, 0.05) is 36.0 Å². The Bertz CT molecular complexity index is 681. The molecular formula is C14H13N3O. The van der Waals surface area contributed by atoms with Gasteiger partial charge in [-0.25, -0.2) is 4.98 Å². The van der Waals surface area contributed by atoms with Crippen molar-refractivity contribution in [3.63, 3.8) is 0 Å². The van der Waals surface area contributed by atoms with E-state index >= 15 is 0 Å². The van der Waals surface area contributed by atoms with Crippen LogP contribution in [0.5, 0.6) is 0 Å². The van der Waals surface area contributed by atoms with Crippen molar-refractivity contribution in [3.05, 3.63) is 54.2 Å². The summed E-state index contributed by atoms with van der Waals surface area (Å²) in [5.41, 5.74) is 2.41. The van der Waals surface area contributed by atoms with Gasteiger partial charge in [-0.05, 0) is 18.1 Å². The molecule has 4 nitrogen and oxygen atoms in total. The first-order valence-electron chi connectivity index (χ1n) is 5.90. The Morgan fingerprint density at radius 1 is 1.33 bits per heavy atom. The lowest BCUT2D eigenvalue weighted by Gasteiger charge is -2.03. The van der Waals surface area contributed by atoms with Gasteiger partial charge in [-0.2, -0.15) is 0 Å². The van der Waals surface area contributed by atoms with Gasteiger partial charge in [0.1, 0.15) is 0 Å². The van der Waals surface area contributed by atoms with Crippen molar-refractivity contribution >= 4 is 17.2 Å². The van der Waals surface area contributed by atoms with Crippen LogP contribution in [0.25, 0.3) is 10.9 Å². The molecule has 3 rings (SSSR count). The number of hydrogen-bond donors (Lipinski definition) is 1. The molecule has 2 aromatic heterocycles. The monoisotopic (exact) mass is 239 g/mol. The van der Waals surface area contributed by atoms with Gasteiger partial charge >= 0.3 is 0 Å². The maximum atomic E-state index is 10.8. The molecule has 0 aliphatic heterocycles. The predicted octanol–water partition coefficient (Wildman–Crippen LogP) is 2.42. The normalized spacial score (nSPS) is 10.9. The second-order valence-electron chi connectivity index (χ2n) is 4.21. The Morgan fingerprint density at radius 3 is 3.11 bits per heavy atom. The smallest absolute Gasteiger partial charge is 0.185 e. The number of nitrogens with zero attached hydrogens (tertiary/aromatic N) is 2. The quantitative estimate of drug-likeness (QED) is 0.711. The van der Waals surface area contributed by atoms with Crippen molar-refractivity contribution in [2.75, 3.05) is 0 Å². The highest BCUT2D eigenvalue weighted by atomic mass is 16.1. The van der Waals surface area contributed by atoms with E-state index in [0.29, 0.717) is 5.82 Å². The number of aromatic amines is 1. The molecule has 1 N–H and O–H groups in total. The number of fused-ring (bicyclic) bond motifs is 1. The molecule has 90 valence electrons. The van der Waals surface area contributed by atoms with Crippen LogP contribution >= 0.6 is 0 Å². The van der Waals surface area contributed by atoms with E-state index in [9.17, 15) is 4.79 Å². The Morgan fingerprint density at radius 2 is 2.22 bits per heavy atom. The van der Waals surface area contributed by atoms with Crippen molar-refractivity contribution in [2.45, 2.75) is 13.0 Å². The lowest BCUT2D eigenvalue weighted by molar-refractivity contribution is 0.111. The molecule has 4 heteroatoms. The molecule has 0 fully saturated rings. The van der Waals surface area contributed by atoms with Crippen LogP contribution in [0.4, 0.5) is 0 Å². The fraction of sp³-hybridized carbons (Fsp3) is 0.143. The zero-order valence-corrected chi connectivity index (χ0v) is 9.84. The fourth-order valence-corrected chi connectivity index (χ4v) is 2.21. The minimum Gasteiger partial charge on any atom is -0.361 e. The molecule has 0 spiro atoms. The first kappa shape index (κ1) is 10.8. The van der Waals surface area contributed by atoms with Crippen LogP contribution in [-0.4, -0.2) is 20.8 Å². The summed E-state index contributed by atoms with van der Waals surface area (Å²) in [6.45, 7) is 0.760. The molecular weight excluding hydrogens is 226 g/mol. The lowest BCUT2D eigenvalue weighted by Crippen LogP contribution is -2.04. The third-order valence-electron chi connectivity index (χ3n) is 3.15.